The third kappa shape index (κ3) is 3.29. The fourth-order valence-corrected chi connectivity index (χ4v) is 4.69. The summed E-state index contributed by atoms with van der Waals surface area (Å²) in [5.74, 6) is -5.10. The predicted octanol–water partition coefficient (Wildman–Crippen LogP) is -0.302. The molecule has 2 aliphatic heterocycles. The van der Waals surface area contributed by atoms with E-state index in [-0.39, 0.29) is 12.2 Å². The van der Waals surface area contributed by atoms with Crippen LogP contribution in [0.2, 0.25) is 0 Å². The Kier molecular flexibility index (Phi) is 5.80. The van der Waals surface area contributed by atoms with Crippen LogP contribution in [-0.4, -0.2) is 69.3 Å². The molecule has 3 N–H and O–H groups in total. The summed E-state index contributed by atoms with van der Waals surface area (Å²) >= 11 is 0.922. The van der Waals surface area contributed by atoms with E-state index in [1.807, 2.05) is 0 Å². The zero-order valence-corrected chi connectivity index (χ0v) is 16.3. The fraction of sp³-hybridized carbons (Fsp3) is 0.278. The lowest BCUT2D eigenvalue weighted by molar-refractivity contribution is -0.194. The van der Waals surface area contributed by atoms with Gasteiger partial charge in [-0.15, -0.1) is 11.8 Å². The zero-order valence-electron chi connectivity index (χ0n) is 15.4. The van der Waals surface area contributed by atoms with Gasteiger partial charge in [-0.3, -0.25) is 19.3 Å². The first-order valence-electron chi connectivity index (χ1n) is 8.44. The molecule has 1 aromatic rings. The van der Waals surface area contributed by atoms with Gasteiger partial charge in [0.15, 0.2) is 0 Å². The number of nitrogens with zero attached hydrogens (tertiary/aromatic N) is 1. The first kappa shape index (κ1) is 21.3. The lowest BCUT2D eigenvalue weighted by atomic mass is 9.97. The largest absolute Gasteiger partial charge is 0.478 e. The molecule has 2 aliphatic rings. The second-order valence-electron chi connectivity index (χ2n) is 6.23. The molecular weight excluding hydrogens is 420 g/mol. The molecule has 1 aromatic carbocycles. The van der Waals surface area contributed by atoms with E-state index in [0.29, 0.717) is 5.56 Å². The van der Waals surface area contributed by atoms with Crippen molar-refractivity contribution >= 4 is 42.0 Å². The van der Waals surface area contributed by atoms with Crippen LogP contribution >= 0.6 is 11.8 Å². The van der Waals surface area contributed by atoms with Crippen molar-refractivity contribution < 1.29 is 43.7 Å². The fourth-order valence-electron chi connectivity index (χ4n) is 3.27. The number of carbonyl (C=O) groups is 5. The molecule has 30 heavy (non-hydrogen) atoms. The lowest BCUT2D eigenvalue weighted by Gasteiger charge is -2.55. The molecule has 2 heterocycles. The number of benzene rings is 1. The number of carboxylic acid groups (broad SMARTS) is 2. The van der Waals surface area contributed by atoms with Gasteiger partial charge >= 0.3 is 11.9 Å². The summed E-state index contributed by atoms with van der Waals surface area (Å²) in [6.45, 7) is 0.0887. The van der Waals surface area contributed by atoms with Gasteiger partial charge in [-0.25, -0.2) is 9.59 Å². The van der Waals surface area contributed by atoms with Crippen LogP contribution in [-0.2, 0) is 33.4 Å². The van der Waals surface area contributed by atoms with Gasteiger partial charge in [0.1, 0.15) is 11.1 Å². The van der Waals surface area contributed by atoms with Gasteiger partial charge < -0.3 is 25.0 Å². The Balaban J connectivity index is 1.92. The molecule has 1 saturated heterocycles. The van der Waals surface area contributed by atoms with Crippen LogP contribution in [0.4, 0.5) is 0 Å². The summed E-state index contributed by atoms with van der Waals surface area (Å²) in [7, 11) is 1.14. The normalized spacial score (nSPS) is 23.7. The topological polar surface area (TPSA) is 160 Å². The molecule has 11 nitrogen and oxygen atoms in total. The highest BCUT2D eigenvalue weighted by Gasteiger charge is 2.67. The highest BCUT2D eigenvalue weighted by molar-refractivity contribution is 8.00. The van der Waals surface area contributed by atoms with E-state index in [1.54, 1.807) is 30.3 Å². The van der Waals surface area contributed by atoms with E-state index in [1.165, 1.54) is 0 Å². The molecule has 2 amide bonds. The number of carboxylic acids is 2. The van der Waals surface area contributed by atoms with Gasteiger partial charge in [0.2, 0.25) is 6.10 Å². The van der Waals surface area contributed by atoms with Crippen LogP contribution in [0.5, 0.6) is 0 Å². The molecule has 1 fully saturated rings. The van der Waals surface area contributed by atoms with Crippen molar-refractivity contribution in [2.24, 2.45) is 0 Å². The number of ether oxygens (including phenoxy) is 2. The van der Waals surface area contributed by atoms with E-state index in [9.17, 15) is 34.2 Å². The van der Waals surface area contributed by atoms with Crippen LogP contribution in [0.1, 0.15) is 11.7 Å². The molecule has 2 unspecified atom stereocenters. The van der Waals surface area contributed by atoms with E-state index in [4.69, 9.17) is 9.47 Å². The molecule has 0 radical (unpaired) electrons. The van der Waals surface area contributed by atoms with Crippen molar-refractivity contribution in [3.05, 3.63) is 47.2 Å². The quantitative estimate of drug-likeness (QED) is 0.280. The average molecular weight is 436 g/mol. The predicted molar refractivity (Wildman–Crippen MR) is 99.6 cm³/mol. The second-order valence-corrected chi connectivity index (χ2v) is 7.30. The van der Waals surface area contributed by atoms with E-state index in [0.717, 1.165) is 23.8 Å². The minimum Gasteiger partial charge on any atom is -0.478 e. The Labute approximate surface area is 173 Å². The van der Waals surface area contributed by atoms with Crippen LogP contribution in [0.3, 0.4) is 0 Å². The van der Waals surface area contributed by atoms with Gasteiger partial charge in [0.25, 0.3) is 24.0 Å². The van der Waals surface area contributed by atoms with Gasteiger partial charge in [-0.05, 0) is 0 Å². The molecule has 0 aliphatic carbocycles. The Hall–Kier alpha value is -3.38. The summed E-state index contributed by atoms with van der Waals surface area (Å²) in [5, 5.41) is 20.0. The average Bonchev–Trinajstić information content (AvgIpc) is 2.74. The van der Waals surface area contributed by atoms with Crippen molar-refractivity contribution in [3.8, 4) is 0 Å². The third-order valence-corrected chi connectivity index (χ3v) is 5.97. The monoisotopic (exact) mass is 436 g/mol. The van der Waals surface area contributed by atoms with Crippen LogP contribution in [0.15, 0.2) is 41.6 Å². The van der Waals surface area contributed by atoms with Crippen molar-refractivity contribution in [3.63, 3.8) is 0 Å². The van der Waals surface area contributed by atoms with Crippen LogP contribution in [0.25, 0.3) is 0 Å². The molecule has 12 heteroatoms. The Morgan fingerprint density at radius 3 is 2.47 bits per heavy atom. The number of fused-ring (bicyclic) bond motifs is 1. The van der Waals surface area contributed by atoms with Crippen molar-refractivity contribution in [2.75, 3.05) is 12.9 Å². The van der Waals surface area contributed by atoms with Gasteiger partial charge in [-0.1, -0.05) is 30.3 Å². The van der Waals surface area contributed by atoms with Gasteiger partial charge in [-0.2, -0.15) is 0 Å². The summed E-state index contributed by atoms with van der Waals surface area (Å²) < 4.78 is 10.1. The van der Waals surface area contributed by atoms with Crippen LogP contribution < -0.4 is 5.32 Å². The van der Waals surface area contributed by atoms with Crippen molar-refractivity contribution in [2.45, 2.75) is 17.2 Å². The minimum absolute atomic E-state index is 0.0887. The number of nitrogens with one attached hydrogen (secondary N) is 1. The first-order valence-corrected chi connectivity index (χ1v) is 9.49. The number of hydrogen-bond donors (Lipinski definition) is 3. The number of amides is 2. The smallest absolute Gasteiger partial charge is 0.353 e. The summed E-state index contributed by atoms with van der Waals surface area (Å²) in [4.78, 5) is 60.3. The summed E-state index contributed by atoms with van der Waals surface area (Å²) in [6, 6.07) is 8.03. The van der Waals surface area contributed by atoms with Gasteiger partial charge in [0, 0.05) is 18.4 Å². The van der Waals surface area contributed by atoms with Crippen LogP contribution in [0, 0.1) is 0 Å². The standard InChI is InChI=1S/C18H16N2O9S/c1-28-18(19-13(22)12(29-8-21)9-5-3-2-4-6-9)16(27)20-11(15(25)26)10(14(23)24)7-30-17(18)20/h2-6,8,12,17H,7H2,1H3,(H,19,22)(H,23,24)(H,25,26)/t12?,17-,18?/m0/s1. The number of β-lactam (4-membered cyclic amide) rings is 1. The van der Waals surface area contributed by atoms with E-state index in [2.05, 4.69) is 5.32 Å². The van der Waals surface area contributed by atoms with Crippen molar-refractivity contribution in [1.82, 2.24) is 10.2 Å². The molecule has 0 spiro atoms. The second kappa shape index (κ2) is 8.16. The Morgan fingerprint density at radius 2 is 1.93 bits per heavy atom. The molecule has 3 atom stereocenters. The maximum absolute atomic E-state index is 12.9. The number of hydrogen-bond acceptors (Lipinski definition) is 8. The SMILES string of the molecule is COC1(NC(=O)C(OC=O)c2ccccc2)C(=O)N2C(C(=O)O)=C(C(=O)O)CS[C@H]21. The highest BCUT2D eigenvalue weighted by Crippen LogP contribution is 2.46. The minimum atomic E-state index is -1.95. The molecule has 3 rings (SSSR count). The zero-order chi connectivity index (χ0) is 22.1. The highest BCUT2D eigenvalue weighted by atomic mass is 32.2. The number of aliphatic carboxylic acids is 2. The maximum atomic E-state index is 12.9. The van der Waals surface area contributed by atoms with E-state index < -0.39 is 52.2 Å². The van der Waals surface area contributed by atoms with Gasteiger partial charge in [0.05, 0.1) is 5.57 Å². The molecule has 0 saturated carbocycles. The third-order valence-electron chi connectivity index (χ3n) is 4.65. The number of methoxy groups -OCH3 is 1. The summed E-state index contributed by atoms with van der Waals surface area (Å²) in [6.07, 6.45) is -1.38. The number of carbonyl (C=O) groups excluding carboxylic acids is 3. The number of thioether (sulfide) groups is 1. The van der Waals surface area contributed by atoms with Crippen molar-refractivity contribution in [1.29, 1.82) is 0 Å². The Bertz CT molecular complexity index is 948. The summed E-state index contributed by atoms with van der Waals surface area (Å²) in [5.41, 5.74) is -2.74. The Morgan fingerprint density at radius 1 is 1.27 bits per heavy atom. The molecular formula is C18H16N2O9S. The molecule has 0 bridgehead atoms. The molecule has 0 aromatic heterocycles. The first-order chi connectivity index (χ1) is 14.3. The number of rotatable bonds is 8. The maximum Gasteiger partial charge on any atom is 0.353 e. The lowest BCUT2D eigenvalue weighted by Crippen LogP contribution is -2.81. The van der Waals surface area contributed by atoms with E-state index >= 15 is 0 Å². The molecule has 158 valence electrons.